The van der Waals surface area contributed by atoms with E-state index in [1.165, 1.54) is 17.3 Å². The minimum atomic E-state index is 0.111. The maximum atomic E-state index is 13.0. The Morgan fingerprint density at radius 3 is 2.62 bits per heavy atom. The van der Waals surface area contributed by atoms with Crippen LogP contribution in [0.3, 0.4) is 0 Å². The molecule has 0 saturated carbocycles. The molecule has 166 valence electrons. The van der Waals surface area contributed by atoms with E-state index in [0.29, 0.717) is 5.75 Å². The summed E-state index contributed by atoms with van der Waals surface area (Å²) in [5.74, 6) is 2.13. The van der Waals surface area contributed by atoms with Crippen LogP contribution < -0.4 is 4.74 Å². The molecule has 0 aliphatic rings. The second-order valence-corrected chi connectivity index (χ2v) is 9.48. The monoisotopic (exact) mass is 466 g/mol. The molecule has 0 N–H and O–H groups in total. The fraction of sp³-hybridized carbons (Fsp3) is 0.292. The fourth-order valence-corrected chi connectivity index (χ4v) is 5.27. The smallest absolute Gasteiger partial charge is 0.191 e. The third-order valence-corrected chi connectivity index (χ3v) is 7.45. The van der Waals surface area contributed by atoms with Crippen molar-refractivity contribution in [2.24, 2.45) is 7.05 Å². The first-order valence-corrected chi connectivity index (χ1v) is 12.2. The predicted octanol–water partition coefficient (Wildman–Crippen LogP) is 5.19. The highest BCUT2D eigenvalue weighted by atomic mass is 32.2. The first kappa shape index (κ1) is 22.4. The van der Waals surface area contributed by atoms with E-state index < -0.39 is 0 Å². The SMILES string of the molecule is COc1ccc(CCn2c(C)cc(C(=O)CSc3nnc(-c4cccs4)n3C)c2C)cc1. The molecule has 1 aromatic carbocycles. The van der Waals surface area contributed by atoms with Crippen molar-refractivity contribution >= 4 is 28.9 Å². The van der Waals surface area contributed by atoms with Gasteiger partial charge in [-0.05, 0) is 55.5 Å². The number of carbonyl (C=O) groups excluding carboxylic acids is 1. The lowest BCUT2D eigenvalue weighted by Crippen LogP contribution is -2.08. The molecule has 6 nitrogen and oxygen atoms in total. The van der Waals surface area contributed by atoms with E-state index in [0.717, 1.165) is 51.5 Å². The zero-order valence-corrected chi connectivity index (χ0v) is 20.3. The number of thiophene rings is 1. The lowest BCUT2D eigenvalue weighted by molar-refractivity contribution is 0.102. The quantitative estimate of drug-likeness (QED) is 0.251. The third-order valence-electron chi connectivity index (χ3n) is 5.57. The number of nitrogens with zero attached hydrogens (tertiary/aromatic N) is 4. The number of methoxy groups -OCH3 is 1. The molecular weight excluding hydrogens is 440 g/mol. The van der Waals surface area contributed by atoms with Crippen molar-refractivity contribution in [1.29, 1.82) is 0 Å². The molecule has 0 saturated heterocycles. The topological polar surface area (TPSA) is 61.9 Å². The molecule has 4 rings (SSSR count). The van der Waals surface area contributed by atoms with E-state index in [9.17, 15) is 4.79 Å². The molecule has 0 fully saturated rings. The van der Waals surface area contributed by atoms with Gasteiger partial charge in [0, 0.05) is 30.5 Å². The Bertz CT molecular complexity index is 1210. The van der Waals surface area contributed by atoms with Crippen LogP contribution in [0.4, 0.5) is 0 Å². The van der Waals surface area contributed by atoms with Crippen LogP contribution in [0, 0.1) is 13.8 Å². The van der Waals surface area contributed by atoms with Gasteiger partial charge in [0.1, 0.15) is 5.75 Å². The van der Waals surface area contributed by atoms with Crippen LogP contribution in [-0.4, -0.2) is 38.0 Å². The second-order valence-electron chi connectivity index (χ2n) is 7.59. The van der Waals surface area contributed by atoms with E-state index in [2.05, 4.69) is 33.8 Å². The molecule has 0 aliphatic heterocycles. The Morgan fingerprint density at radius 2 is 1.94 bits per heavy atom. The summed E-state index contributed by atoms with van der Waals surface area (Å²) in [5, 5.41) is 11.3. The van der Waals surface area contributed by atoms with Gasteiger partial charge in [-0.3, -0.25) is 4.79 Å². The Labute approximate surface area is 196 Å². The van der Waals surface area contributed by atoms with Crippen molar-refractivity contribution in [3.63, 3.8) is 0 Å². The molecule has 0 spiro atoms. The molecule has 0 amide bonds. The number of benzene rings is 1. The van der Waals surface area contributed by atoms with E-state index in [1.54, 1.807) is 18.4 Å². The summed E-state index contributed by atoms with van der Waals surface area (Å²) in [6, 6.07) is 14.1. The van der Waals surface area contributed by atoms with Gasteiger partial charge in [0.25, 0.3) is 0 Å². The number of hydrogen-bond donors (Lipinski definition) is 0. The Balaban J connectivity index is 1.41. The van der Waals surface area contributed by atoms with Gasteiger partial charge in [-0.1, -0.05) is 30.0 Å². The van der Waals surface area contributed by atoms with E-state index in [1.807, 2.05) is 54.3 Å². The summed E-state index contributed by atoms with van der Waals surface area (Å²) < 4.78 is 9.40. The molecule has 3 aromatic heterocycles. The highest BCUT2D eigenvalue weighted by Gasteiger charge is 2.18. The number of aromatic nitrogens is 4. The van der Waals surface area contributed by atoms with Crippen molar-refractivity contribution < 1.29 is 9.53 Å². The Morgan fingerprint density at radius 1 is 1.16 bits per heavy atom. The van der Waals surface area contributed by atoms with Gasteiger partial charge < -0.3 is 13.9 Å². The Kier molecular flexibility index (Phi) is 6.81. The zero-order valence-electron chi connectivity index (χ0n) is 18.7. The van der Waals surface area contributed by atoms with Gasteiger partial charge in [-0.15, -0.1) is 21.5 Å². The first-order valence-electron chi connectivity index (χ1n) is 10.4. The molecule has 4 aromatic rings. The highest BCUT2D eigenvalue weighted by Crippen LogP contribution is 2.27. The number of aryl methyl sites for hydroxylation is 2. The molecule has 32 heavy (non-hydrogen) atoms. The minimum Gasteiger partial charge on any atom is -0.497 e. The predicted molar refractivity (Wildman–Crippen MR) is 130 cm³/mol. The lowest BCUT2D eigenvalue weighted by atomic mass is 10.1. The van der Waals surface area contributed by atoms with Crippen molar-refractivity contribution in [2.45, 2.75) is 32.0 Å². The van der Waals surface area contributed by atoms with Crippen LogP contribution in [0.5, 0.6) is 5.75 Å². The van der Waals surface area contributed by atoms with Gasteiger partial charge in [-0.25, -0.2) is 0 Å². The summed E-state index contributed by atoms with van der Waals surface area (Å²) in [7, 11) is 3.61. The van der Waals surface area contributed by atoms with E-state index in [4.69, 9.17) is 4.74 Å². The first-order chi connectivity index (χ1) is 15.5. The van der Waals surface area contributed by atoms with Crippen LogP contribution in [0.1, 0.15) is 27.3 Å². The van der Waals surface area contributed by atoms with Crippen LogP contribution >= 0.6 is 23.1 Å². The van der Waals surface area contributed by atoms with Gasteiger partial charge >= 0.3 is 0 Å². The van der Waals surface area contributed by atoms with Crippen molar-refractivity contribution in [2.75, 3.05) is 12.9 Å². The molecular formula is C24H26N4O2S2. The molecule has 0 atom stereocenters. The number of carbonyl (C=O) groups is 1. The standard InChI is InChI=1S/C24H26N4O2S2/c1-16-14-20(17(2)28(16)12-11-18-7-9-19(30-4)10-8-18)21(29)15-32-24-26-25-23(27(24)3)22-6-5-13-31-22/h5-10,13-14H,11-12,15H2,1-4H3. The average molecular weight is 467 g/mol. The highest BCUT2D eigenvalue weighted by molar-refractivity contribution is 7.99. The summed E-state index contributed by atoms with van der Waals surface area (Å²) >= 11 is 3.06. The number of ketones is 1. The van der Waals surface area contributed by atoms with Crippen molar-refractivity contribution in [3.8, 4) is 16.5 Å². The normalized spacial score (nSPS) is 11.1. The average Bonchev–Trinajstić information content (AvgIpc) is 3.51. The largest absolute Gasteiger partial charge is 0.497 e. The number of thioether (sulfide) groups is 1. The third kappa shape index (κ3) is 4.66. The Hall–Kier alpha value is -2.84. The summed E-state index contributed by atoms with van der Waals surface area (Å²) in [6.07, 6.45) is 0.896. The number of rotatable bonds is 9. The number of hydrogen-bond acceptors (Lipinski definition) is 6. The molecule has 0 bridgehead atoms. The number of ether oxygens (including phenoxy) is 1. The van der Waals surface area contributed by atoms with Crippen LogP contribution in [0.15, 0.2) is 53.0 Å². The zero-order chi connectivity index (χ0) is 22.7. The maximum Gasteiger partial charge on any atom is 0.191 e. The minimum absolute atomic E-state index is 0.111. The van der Waals surface area contributed by atoms with Gasteiger partial charge in [0.2, 0.25) is 0 Å². The molecule has 0 unspecified atom stereocenters. The number of Topliss-reactive ketones (excluding diaryl/α,β-unsaturated/α-hetero) is 1. The van der Waals surface area contributed by atoms with Gasteiger partial charge in [0.05, 0.1) is 17.7 Å². The molecule has 0 radical (unpaired) electrons. The van der Waals surface area contributed by atoms with Gasteiger partial charge in [0.15, 0.2) is 16.8 Å². The fourth-order valence-electron chi connectivity index (χ4n) is 3.73. The van der Waals surface area contributed by atoms with E-state index >= 15 is 0 Å². The van der Waals surface area contributed by atoms with Crippen LogP contribution in [-0.2, 0) is 20.0 Å². The van der Waals surface area contributed by atoms with Crippen LogP contribution in [0.2, 0.25) is 0 Å². The summed E-state index contributed by atoms with van der Waals surface area (Å²) in [4.78, 5) is 14.1. The van der Waals surface area contributed by atoms with Gasteiger partial charge in [-0.2, -0.15) is 0 Å². The maximum absolute atomic E-state index is 13.0. The molecule has 8 heteroatoms. The van der Waals surface area contributed by atoms with Crippen molar-refractivity contribution in [1.82, 2.24) is 19.3 Å². The molecule has 3 heterocycles. The second kappa shape index (κ2) is 9.75. The lowest BCUT2D eigenvalue weighted by Gasteiger charge is -2.10. The molecule has 0 aliphatic carbocycles. The van der Waals surface area contributed by atoms with Crippen LogP contribution in [0.25, 0.3) is 10.7 Å². The van der Waals surface area contributed by atoms with Crippen molar-refractivity contribution in [3.05, 3.63) is 70.4 Å². The summed E-state index contributed by atoms with van der Waals surface area (Å²) in [6.45, 7) is 4.91. The summed E-state index contributed by atoms with van der Waals surface area (Å²) in [5.41, 5.74) is 4.14. The van der Waals surface area contributed by atoms with E-state index in [-0.39, 0.29) is 5.78 Å².